The van der Waals surface area contributed by atoms with Gasteiger partial charge >= 0.3 is 0 Å². The quantitative estimate of drug-likeness (QED) is 0.906. The highest BCUT2D eigenvalue weighted by atomic mass is 16.5. The number of ether oxygens (including phenoxy) is 1. The van der Waals surface area contributed by atoms with Gasteiger partial charge in [-0.3, -0.25) is 14.7 Å². The highest BCUT2D eigenvalue weighted by molar-refractivity contribution is 5.22. The van der Waals surface area contributed by atoms with Gasteiger partial charge in [0.15, 0.2) is 5.75 Å². The minimum atomic E-state index is -0.342. The van der Waals surface area contributed by atoms with E-state index in [1.165, 1.54) is 12.3 Å². The fourth-order valence-corrected chi connectivity index (χ4v) is 2.56. The second-order valence-electron chi connectivity index (χ2n) is 5.39. The summed E-state index contributed by atoms with van der Waals surface area (Å²) in [7, 11) is 0. The number of morpholine rings is 1. The lowest BCUT2D eigenvalue weighted by atomic mass is 10.2. The lowest BCUT2D eigenvalue weighted by molar-refractivity contribution is 0.0331. The van der Waals surface area contributed by atoms with E-state index in [-0.39, 0.29) is 11.2 Å². The molecule has 1 fully saturated rings. The topological polar surface area (TPSA) is 67.6 Å². The molecule has 0 unspecified atom stereocenters. The van der Waals surface area contributed by atoms with E-state index in [1.54, 1.807) is 12.4 Å². The molecule has 2 aromatic rings. The van der Waals surface area contributed by atoms with E-state index in [1.807, 2.05) is 16.7 Å². The zero-order chi connectivity index (χ0) is 15.4. The van der Waals surface area contributed by atoms with Crippen molar-refractivity contribution in [1.29, 1.82) is 0 Å². The molecule has 0 atom stereocenters. The fourth-order valence-electron chi connectivity index (χ4n) is 2.56. The number of pyridine rings is 2. The summed E-state index contributed by atoms with van der Waals surface area (Å²) in [4.78, 5) is 18.1. The second kappa shape index (κ2) is 6.72. The van der Waals surface area contributed by atoms with Crippen molar-refractivity contribution < 1.29 is 9.84 Å². The van der Waals surface area contributed by atoms with E-state index in [0.717, 1.165) is 24.3 Å². The maximum absolute atomic E-state index is 11.8. The number of rotatable bonds is 4. The summed E-state index contributed by atoms with van der Waals surface area (Å²) in [6.07, 6.45) is 5.01. The number of aromatic nitrogens is 2. The van der Waals surface area contributed by atoms with Crippen LogP contribution in [0.5, 0.6) is 5.75 Å². The molecule has 3 heterocycles. The molecule has 1 N–H and O–H groups in total. The minimum absolute atomic E-state index is 0.227. The Morgan fingerprint density at radius 1 is 1.27 bits per heavy atom. The molecular formula is C16H19N3O3. The molecule has 0 aliphatic carbocycles. The molecule has 1 aliphatic rings. The summed E-state index contributed by atoms with van der Waals surface area (Å²) in [5, 5.41) is 9.73. The van der Waals surface area contributed by atoms with E-state index in [9.17, 15) is 9.90 Å². The lowest BCUT2D eigenvalue weighted by Crippen LogP contribution is -2.36. The molecule has 0 saturated carbocycles. The second-order valence-corrected chi connectivity index (χ2v) is 5.39. The molecule has 0 spiro atoms. The maximum Gasteiger partial charge on any atom is 0.223 e. The Morgan fingerprint density at radius 2 is 2.09 bits per heavy atom. The number of hydrogen-bond acceptors (Lipinski definition) is 5. The third-order valence-electron chi connectivity index (χ3n) is 3.76. The largest absolute Gasteiger partial charge is 0.503 e. The first-order valence-corrected chi connectivity index (χ1v) is 7.34. The molecule has 2 aromatic heterocycles. The standard InChI is InChI=1S/C16H19N3O3/c20-15-8-14(11-18-4-6-22-7-5-18)19(12-16(15)21)10-13-2-1-3-17-9-13/h1-3,8-9,12,21H,4-7,10-11H2. The molecule has 6 heteroatoms. The molecule has 3 rings (SSSR count). The van der Waals surface area contributed by atoms with Gasteiger partial charge in [0, 0.05) is 50.3 Å². The Kier molecular flexibility index (Phi) is 4.50. The van der Waals surface area contributed by atoms with Gasteiger partial charge < -0.3 is 14.4 Å². The Labute approximate surface area is 128 Å². The van der Waals surface area contributed by atoms with Crippen LogP contribution >= 0.6 is 0 Å². The molecule has 1 aliphatic heterocycles. The van der Waals surface area contributed by atoms with Gasteiger partial charge in [-0.05, 0) is 11.6 Å². The van der Waals surface area contributed by atoms with Crippen molar-refractivity contribution in [3.05, 3.63) is 58.3 Å². The van der Waals surface area contributed by atoms with Crippen molar-refractivity contribution in [2.45, 2.75) is 13.1 Å². The first-order valence-electron chi connectivity index (χ1n) is 7.34. The van der Waals surface area contributed by atoms with E-state index in [2.05, 4.69) is 9.88 Å². The molecule has 0 aromatic carbocycles. The average Bonchev–Trinajstić information content (AvgIpc) is 2.54. The van der Waals surface area contributed by atoms with Crippen molar-refractivity contribution >= 4 is 0 Å². The fraction of sp³-hybridized carbons (Fsp3) is 0.375. The Balaban J connectivity index is 1.86. The number of nitrogens with zero attached hydrogens (tertiary/aromatic N) is 3. The van der Waals surface area contributed by atoms with Gasteiger partial charge in [0.1, 0.15) is 0 Å². The predicted molar refractivity (Wildman–Crippen MR) is 81.8 cm³/mol. The molecular weight excluding hydrogens is 282 g/mol. The number of aromatic hydroxyl groups is 1. The van der Waals surface area contributed by atoms with Crippen LogP contribution in [0.1, 0.15) is 11.3 Å². The first kappa shape index (κ1) is 14.7. The molecule has 116 valence electrons. The lowest BCUT2D eigenvalue weighted by Gasteiger charge is -2.27. The van der Waals surface area contributed by atoms with Gasteiger partial charge in [-0.25, -0.2) is 0 Å². The van der Waals surface area contributed by atoms with Crippen LogP contribution in [0.15, 0.2) is 41.6 Å². The van der Waals surface area contributed by atoms with Crippen molar-refractivity contribution in [1.82, 2.24) is 14.5 Å². The Bertz CT molecular complexity index is 679. The molecule has 6 nitrogen and oxygen atoms in total. The smallest absolute Gasteiger partial charge is 0.223 e. The van der Waals surface area contributed by atoms with Crippen molar-refractivity contribution in [2.75, 3.05) is 26.3 Å². The summed E-state index contributed by atoms with van der Waals surface area (Å²) in [5.74, 6) is -0.227. The summed E-state index contributed by atoms with van der Waals surface area (Å²) >= 11 is 0. The highest BCUT2D eigenvalue weighted by Crippen LogP contribution is 2.12. The van der Waals surface area contributed by atoms with E-state index >= 15 is 0 Å². The highest BCUT2D eigenvalue weighted by Gasteiger charge is 2.14. The third kappa shape index (κ3) is 3.52. The molecule has 1 saturated heterocycles. The van der Waals surface area contributed by atoms with Crippen molar-refractivity contribution in [2.24, 2.45) is 0 Å². The van der Waals surface area contributed by atoms with Gasteiger partial charge in [-0.1, -0.05) is 6.07 Å². The first-order chi connectivity index (χ1) is 10.7. The zero-order valence-corrected chi connectivity index (χ0v) is 12.3. The summed E-state index contributed by atoms with van der Waals surface area (Å²) in [5.41, 5.74) is 1.56. The SMILES string of the molecule is O=c1cc(CN2CCOCC2)n(Cc2cccnc2)cc1O. The maximum atomic E-state index is 11.8. The van der Waals surface area contributed by atoms with Gasteiger partial charge in [0.2, 0.25) is 5.43 Å². The van der Waals surface area contributed by atoms with Crippen LogP contribution in [-0.4, -0.2) is 45.9 Å². The summed E-state index contributed by atoms with van der Waals surface area (Å²) in [6.45, 7) is 4.36. The predicted octanol–water partition coefficient (Wildman–Crippen LogP) is 0.829. The zero-order valence-electron chi connectivity index (χ0n) is 12.3. The van der Waals surface area contributed by atoms with Crippen LogP contribution in [0, 0.1) is 0 Å². The van der Waals surface area contributed by atoms with Gasteiger partial charge in [-0.2, -0.15) is 0 Å². The molecule has 0 bridgehead atoms. The molecule has 0 radical (unpaired) electrons. The Hall–Kier alpha value is -2.18. The summed E-state index contributed by atoms with van der Waals surface area (Å²) < 4.78 is 7.25. The van der Waals surface area contributed by atoms with Crippen molar-refractivity contribution in [3.8, 4) is 5.75 Å². The normalized spacial score (nSPS) is 15.8. The van der Waals surface area contributed by atoms with Crippen LogP contribution in [-0.2, 0) is 17.8 Å². The summed E-state index contributed by atoms with van der Waals surface area (Å²) in [6, 6.07) is 5.36. The monoisotopic (exact) mass is 301 g/mol. The third-order valence-corrected chi connectivity index (χ3v) is 3.76. The van der Waals surface area contributed by atoms with Gasteiger partial charge in [-0.15, -0.1) is 0 Å². The number of hydrogen-bond donors (Lipinski definition) is 1. The van der Waals surface area contributed by atoms with E-state index in [0.29, 0.717) is 26.3 Å². The minimum Gasteiger partial charge on any atom is -0.503 e. The molecule has 22 heavy (non-hydrogen) atoms. The van der Waals surface area contributed by atoms with E-state index in [4.69, 9.17) is 4.74 Å². The average molecular weight is 301 g/mol. The van der Waals surface area contributed by atoms with Crippen molar-refractivity contribution in [3.63, 3.8) is 0 Å². The van der Waals surface area contributed by atoms with E-state index < -0.39 is 0 Å². The molecule has 0 amide bonds. The Morgan fingerprint density at radius 3 is 2.82 bits per heavy atom. The van der Waals surface area contributed by atoms with Crippen LogP contribution < -0.4 is 5.43 Å². The van der Waals surface area contributed by atoms with Crippen LogP contribution in [0.4, 0.5) is 0 Å². The van der Waals surface area contributed by atoms with Gasteiger partial charge in [0.05, 0.1) is 19.4 Å². The van der Waals surface area contributed by atoms with Crippen LogP contribution in [0.2, 0.25) is 0 Å². The van der Waals surface area contributed by atoms with Crippen LogP contribution in [0.3, 0.4) is 0 Å². The van der Waals surface area contributed by atoms with Crippen LogP contribution in [0.25, 0.3) is 0 Å². The van der Waals surface area contributed by atoms with Gasteiger partial charge in [0.25, 0.3) is 0 Å².